The summed E-state index contributed by atoms with van der Waals surface area (Å²) in [5, 5.41) is 24.1. The molecule has 0 spiro atoms. The molecule has 1 saturated carbocycles. The Morgan fingerprint density at radius 3 is 1.43 bits per heavy atom. The molecule has 0 saturated heterocycles. The van der Waals surface area contributed by atoms with Crippen LogP contribution in [-0.4, -0.2) is 47.3 Å². The number of rotatable bonds is 8. The highest BCUT2D eigenvalue weighted by molar-refractivity contribution is 6.08. The molecule has 6 heteroatoms. The summed E-state index contributed by atoms with van der Waals surface area (Å²) >= 11 is 0. The average molecular weight is 300 g/mol. The van der Waals surface area contributed by atoms with E-state index in [9.17, 15) is 19.8 Å². The molecule has 1 aliphatic carbocycles. The van der Waals surface area contributed by atoms with E-state index in [0.29, 0.717) is 12.8 Å². The van der Waals surface area contributed by atoms with Gasteiger partial charge in [0.1, 0.15) is 5.41 Å². The quantitative estimate of drug-likeness (QED) is 0.475. The Morgan fingerprint density at radius 2 is 1.24 bits per heavy atom. The van der Waals surface area contributed by atoms with E-state index in [-0.39, 0.29) is 48.9 Å². The molecule has 0 radical (unpaired) electrons. The fourth-order valence-electron chi connectivity index (χ4n) is 2.14. The molecule has 2 atom stereocenters. The highest BCUT2D eigenvalue weighted by Crippen LogP contribution is 2.46. The molecule has 2 amide bonds. The number of carbonyl (C=O) groups excluding carboxylic acids is 2. The van der Waals surface area contributed by atoms with Crippen molar-refractivity contribution in [3.05, 3.63) is 0 Å². The van der Waals surface area contributed by atoms with Gasteiger partial charge in [0, 0.05) is 0 Å². The highest BCUT2D eigenvalue weighted by atomic mass is 16.3. The van der Waals surface area contributed by atoms with Crippen molar-refractivity contribution in [2.45, 2.75) is 52.6 Å². The van der Waals surface area contributed by atoms with Crippen molar-refractivity contribution >= 4 is 11.8 Å². The molecule has 0 aliphatic heterocycles. The first-order valence-corrected chi connectivity index (χ1v) is 7.62. The average Bonchev–Trinajstić information content (AvgIpc) is 3.22. The molecule has 122 valence electrons. The van der Waals surface area contributed by atoms with Gasteiger partial charge in [0.25, 0.3) is 0 Å². The molecule has 0 bridgehead atoms. The van der Waals surface area contributed by atoms with E-state index in [4.69, 9.17) is 0 Å². The summed E-state index contributed by atoms with van der Waals surface area (Å²) in [5.74, 6) is -0.460. The second-order valence-corrected chi connectivity index (χ2v) is 6.60. The van der Waals surface area contributed by atoms with Gasteiger partial charge in [-0.25, -0.2) is 0 Å². The molecule has 1 fully saturated rings. The molecule has 4 N–H and O–H groups in total. The summed E-state index contributed by atoms with van der Waals surface area (Å²) in [6.07, 6.45) is 1.02. The normalized spacial score (nSPS) is 19.2. The zero-order valence-electron chi connectivity index (χ0n) is 13.3. The molecule has 0 aromatic heterocycles. The number of carbonyl (C=O) groups is 2. The van der Waals surface area contributed by atoms with E-state index < -0.39 is 5.41 Å². The summed E-state index contributed by atoms with van der Waals surface area (Å²) in [7, 11) is 0. The molecule has 1 aliphatic rings. The number of aliphatic hydroxyl groups excluding tert-OH is 2. The van der Waals surface area contributed by atoms with Gasteiger partial charge >= 0.3 is 0 Å². The Bertz CT molecular complexity index is 346. The fraction of sp³-hybridized carbons (Fsp3) is 0.867. The third kappa shape index (κ3) is 4.17. The summed E-state index contributed by atoms with van der Waals surface area (Å²) in [6, 6.07) is -0.692. The lowest BCUT2D eigenvalue weighted by Crippen LogP contribution is -2.52. The van der Waals surface area contributed by atoms with Crippen LogP contribution in [0.5, 0.6) is 0 Å². The first-order chi connectivity index (χ1) is 9.78. The van der Waals surface area contributed by atoms with Gasteiger partial charge in [0.2, 0.25) is 11.8 Å². The molecule has 21 heavy (non-hydrogen) atoms. The third-order valence-electron chi connectivity index (χ3n) is 4.26. The van der Waals surface area contributed by atoms with Crippen LogP contribution in [0.3, 0.4) is 0 Å². The number of hydrogen-bond donors (Lipinski definition) is 4. The van der Waals surface area contributed by atoms with Gasteiger partial charge in [0.05, 0.1) is 25.3 Å². The van der Waals surface area contributed by atoms with Crippen LogP contribution in [-0.2, 0) is 9.59 Å². The first-order valence-electron chi connectivity index (χ1n) is 7.62. The topological polar surface area (TPSA) is 98.7 Å². The van der Waals surface area contributed by atoms with Crippen molar-refractivity contribution in [1.29, 1.82) is 0 Å². The van der Waals surface area contributed by atoms with Crippen LogP contribution in [0.25, 0.3) is 0 Å². The second kappa shape index (κ2) is 7.22. The largest absolute Gasteiger partial charge is 0.394 e. The SMILES string of the molecule is CC(C)[C@H](CO)NC(=O)C1(C(=O)N[C@@H](CO)C(C)C)CC1. The highest BCUT2D eigenvalue weighted by Gasteiger charge is 2.57. The van der Waals surface area contributed by atoms with Crippen LogP contribution >= 0.6 is 0 Å². The maximum Gasteiger partial charge on any atom is 0.236 e. The van der Waals surface area contributed by atoms with E-state index in [1.165, 1.54) is 0 Å². The minimum absolute atomic E-state index is 0.0960. The van der Waals surface area contributed by atoms with Crippen molar-refractivity contribution in [2.75, 3.05) is 13.2 Å². The summed E-state index contributed by atoms with van der Waals surface area (Å²) in [5.41, 5.74) is -1.02. The Labute approximate surface area is 126 Å². The van der Waals surface area contributed by atoms with Crippen molar-refractivity contribution in [1.82, 2.24) is 10.6 Å². The monoisotopic (exact) mass is 300 g/mol. The zero-order chi connectivity index (χ0) is 16.2. The van der Waals surface area contributed by atoms with E-state index in [2.05, 4.69) is 10.6 Å². The standard InChI is InChI=1S/C15H28N2O4/c1-9(2)11(7-18)16-13(20)15(5-6-15)14(21)17-12(8-19)10(3)4/h9-12,18-19H,5-8H2,1-4H3,(H,16,20)(H,17,21)/t11-,12-/m0/s1. The number of nitrogens with one attached hydrogen (secondary N) is 2. The lowest BCUT2D eigenvalue weighted by Gasteiger charge is -2.26. The van der Waals surface area contributed by atoms with E-state index in [1.54, 1.807) is 0 Å². The van der Waals surface area contributed by atoms with E-state index in [0.717, 1.165) is 0 Å². The molecular weight excluding hydrogens is 272 g/mol. The fourth-order valence-corrected chi connectivity index (χ4v) is 2.14. The van der Waals surface area contributed by atoms with Gasteiger partial charge in [-0.15, -0.1) is 0 Å². The Hall–Kier alpha value is -1.14. The van der Waals surface area contributed by atoms with Gasteiger partial charge in [-0.2, -0.15) is 0 Å². The molecule has 1 rings (SSSR count). The van der Waals surface area contributed by atoms with E-state index in [1.807, 2.05) is 27.7 Å². The molecule has 0 heterocycles. The minimum atomic E-state index is -1.02. The molecule has 6 nitrogen and oxygen atoms in total. The van der Waals surface area contributed by atoms with Crippen molar-refractivity contribution < 1.29 is 19.8 Å². The Balaban J connectivity index is 2.68. The number of hydrogen-bond acceptors (Lipinski definition) is 4. The molecule has 0 aromatic rings. The van der Waals surface area contributed by atoms with Crippen molar-refractivity contribution in [2.24, 2.45) is 17.3 Å². The summed E-state index contributed by atoms with van der Waals surface area (Å²) < 4.78 is 0. The van der Waals surface area contributed by atoms with Crippen LogP contribution in [0, 0.1) is 17.3 Å². The van der Waals surface area contributed by atoms with Crippen LogP contribution < -0.4 is 10.6 Å². The lowest BCUT2D eigenvalue weighted by molar-refractivity contribution is -0.138. The van der Waals surface area contributed by atoms with Gasteiger partial charge in [-0.05, 0) is 24.7 Å². The van der Waals surface area contributed by atoms with Crippen LogP contribution in [0.1, 0.15) is 40.5 Å². The lowest BCUT2D eigenvalue weighted by atomic mass is 9.99. The minimum Gasteiger partial charge on any atom is -0.394 e. The summed E-state index contributed by atoms with van der Waals surface area (Å²) in [4.78, 5) is 24.7. The third-order valence-corrected chi connectivity index (χ3v) is 4.26. The first kappa shape index (κ1) is 17.9. The maximum atomic E-state index is 12.3. The predicted octanol–water partition coefficient (Wildman–Crippen LogP) is 0.0328. The molecule has 0 unspecified atom stereocenters. The van der Waals surface area contributed by atoms with E-state index >= 15 is 0 Å². The summed E-state index contributed by atoms with van der Waals surface area (Å²) in [6.45, 7) is 7.32. The van der Waals surface area contributed by atoms with Gasteiger partial charge < -0.3 is 20.8 Å². The number of aliphatic hydroxyl groups is 2. The number of amides is 2. The van der Waals surface area contributed by atoms with Crippen LogP contribution in [0.4, 0.5) is 0 Å². The molecule has 0 aromatic carbocycles. The smallest absolute Gasteiger partial charge is 0.236 e. The Morgan fingerprint density at radius 1 is 0.905 bits per heavy atom. The van der Waals surface area contributed by atoms with Crippen LogP contribution in [0.15, 0.2) is 0 Å². The van der Waals surface area contributed by atoms with Crippen LogP contribution in [0.2, 0.25) is 0 Å². The van der Waals surface area contributed by atoms with Gasteiger partial charge in [-0.1, -0.05) is 27.7 Å². The zero-order valence-corrected chi connectivity index (χ0v) is 13.3. The second-order valence-electron chi connectivity index (χ2n) is 6.60. The van der Waals surface area contributed by atoms with Crippen molar-refractivity contribution in [3.63, 3.8) is 0 Å². The molecular formula is C15H28N2O4. The predicted molar refractivity (Wildman–Crippen MR) is 79.4 cm³/mol. The van der Waals surface area contributed by atoms with Crippen molar-refractivity contribution in [3.8, 4) is 0 Å². The Kier molecular flexibility index (Phi) is 6.16. The van der Waals surface area contributed by atoms with Gasteiger partial charge in [-0.3, -0.25) is 9.59 Å². The van der Waals surface area contributed by atoms with Gasteiger partial charge in [0.15, 0.2) is 0 Å². The maximum absolute atomic E-state index is 12.3.